The molecular weight excluding hydrogens is 415 g/mol. The maximum absolute atomic E-state index is 12.0. The lowest BCUT2D eigenvalue weighted by Gasteiger charge is -2.31. The van der Waals surface area contributed by atoms with Crippen LogP contribution in [-0.4, -0.2) is 41.9 Å². The summed E-state index contributed by atoms with van der Waals surface area (Å²) in [5.41, 5.74) is 2.52. The molecule has 5 nitrogen and oxygen atoms in total. The van der Waals surface area contributed by atoms with E-state index in [4.69, 9.17) is 0 Å². The van der Waals surface area contributed by atoms with Crippen LogP contribution in [0.3, 0.4) is 0 Å². The number of aliphatic imine (C=N–C) groups is 1. The summed E-state index contributed by atoms with van der Waals surface area (Å²) >= 11 is 0. The minimum absolute atomic E-state index is 0. The fourth-order valence-corrected chi connectivity index (χ4v) is 2.71. The van der Waals surface area contributed by atoms with E-state index in [0.717, 1.165) is 32.0 Å². The average Bonchev–Trinajstić information content (AvgIpc) is 2.49. The summed E-state index contributed by atoms with van der Waals surface area (Å²) < 4.78 is 0. The summed E-state index contributed by atoms with van der Waals surface area (Å²) in [5.74, 6) is 0.761. The van der Waals surface area contributed by atoms with E-state index in [2.05, 4.69) is 44.8 Å². The fourth-order valence-electron chi connectivity index (χ4n) is 2.71. The standard InChI is InChI=1S/C18H28N4O.HI/c1-5-19-17(20-12-16(23)21-18(2,3)4)22-11-10-14-8-6-7-9-15(14)13-22;/h6-9H,5,10-13H2,1-4H3,(H,19,20)(H,21,23);1H. The second-order valence-electron chi connectivity index (χ2n) is 6.91. The van der Waals surface area contributed by atoms with Crippen molar-refractivity contribution in [3.05, 3.63) is 35.4 Å². The zero-order chi connectivity index (χ0) is 16.9. The van der Waals surface area contributed by atoms with E-state index in [1.807, 2.05) is 27.7 Å². The quantitative estimate of drug-likeness (QED) is 0.428. The van der Waals surface area contributed by atoms with Crippen LogP contribution in [0.25, 0.3) is 0 Å². The van der Waals surface area contributed by atoms with E-state index in [0.29, 0.717) is 0 Å². The lowest BCUT2D eigenvalue weighted by atomic mass is 10.0. The summed E-state index contributed by atoms with van der Waals surface area (Å²) in [4.78, 5) is 18.7. The summed E-state index contributed by atoms with van der Waals surface area (Å²) in [5, 5.41) is 6.24. The first-order chi connectivity index (χ1) is 10.9. The Kier molecular flexibility index (Phi) is 7.99. The molecule has 0 fully saturated rings. The van der Waals surface area contributed by atoms with Crippen molar-refractivity contribution in [1.82, 2.24) is 15.5 Å². The number of guanidine groups is 1. The van der Waals surface area contributed by atoms with Crippen molar-refractivity contribution < 1.29 is 4.79 Å². The van der Waals surface area contributed by atoms with Crippen LogP contribution in [0.2, 0.25) is 0 Å². The third kappa shape index (κ3) is 6.30. The maximum atomic E-state index is 12.0. The molecule has 2 rings (SSSR count). The molecule has 0 bridgehead atoms. The SMILES string of the molecule is CCNC(=NCC(=O)NC(C)(C)C)N1CCc2ccccc2C1.I. The highest BCUT2D eigenvalue weighted by Gasteiger charge is 2.19. The molecule has 1 heterocycles. The Hall–Kier alpha value is -1.31. The molecule has 1 amide bonds. The zero-order valence-electron chi connectivity index (χ0n) is 15.1. The van der Waals surface area contributed by atoms with Crippen LogP contribution >= 0.6 is 24.0 Å². The van der Waals surface area contributed by atoms with Gasteiger partial charge in [-0.25, -0.2) is 4.99 Å². The first-order valence-corrected chi connectivity index (χ1v) is 8.30. The molecule has 24 heavy (non-hydrogen) atoms. The number of nitrogens with one attached hydrogen (secondary N) is 2. The van der Waals surface area contributed by atoms with Gasteiger partial charge in [0.15, 0.2) is 5.96 Å². The van der Waals surface area contributed by atoms with Crippen LogP contribution < -0.4 is 10.6 Å². The van der Waals surface area contributed by atoms with Gasteiger partial charge in [0.05, 0.1) is 0 Å². The van der Waals surface area contributed by atoms with E-state index < -0.39 is 0 Å². The predicted octanol–water partition coefficient (Wildman–Crippen LogP) is 2.54. The van der Waals surface area contributed by atoms with E-state index in [9.17, 15) is 4.79 Å². The number of carbonyl (C=O) groups excluding carboxylic acids is 1. The highest BCUT2D eigenvalue weighted by molar-refractivity contribution is 14.0. The number of fused-ring (bicyclic) bond motifs is 1. The Balaban J connectivity index is 0.00000288. The second kappa shape index (κ2) is 9.25. The Morgan fingerprint density at radius 3 is 2.54 bits per heavy atom. The summed E-state index contributed by atoms with van der Waals surface area (Å²) in [7, 11) is 0. The van der Waals surface area contributed by atoms with Crippen molar-refractivity contribution in [1.29, 1.82) is 0 Å². The monoisotopic (exact) mass is 444 g/mol. The number of carbonyl (C=O) groups is 1. The number of hydrogen-bond acceptors (Lipinski definition) is 2. The molecule has 1 aliphatic heterocycles. The number of hydrogen-bond donors (Lipinski definition) is 2. The van der Waals surface area contributed by atoms with E-state index in [1.165, 1.54) is 11.1 Å². The van der Waals surface area contributed by atoms with Gasteiger partial charge in [0.2, 0.25) is 5.91 Å². The van der Waals surface area contributed by atoms with Crippen LogP contribution in [0.5, 0.6) is 0 Å². The van der Waals surface area contributed by atoms with Gasteiger partial charge in [-0.05, 0) is 45.2 Å². The van der Waals surface area contributed by atoms with Gasteiger partial charge in [0, 0.05) is 25.2 Å². The molecular formula is C18H29IN4O. The second-order valence-corrected chi connectivity index (χ2v) is 6.91. The van der Waals surface area contributed by atoms with Crippen LogP contribution in [0.15, 0.2) is 29.3 Å². The van der Waals surface area contributed by atoms with Gasteiger partial charge in [0.1, 0.15) is 6.54 Å². The van der Waals surface area contributed by atoms with Crippen molar-refractivity contribution in [2.75, 3.05) is 19.6 Å². The predicted molar refractivity (Wildman–Crippen MR) is 110 cm³/mol. The van der Waals surface area contributed by atoms with E-state index >= 15 is 0 Å². The Morgan fingerprint density at radius 2 is 1.92 bits per heavy atom. The maximum Gasteiger partial charge on any atom is 0.242 e. The van der Waals surface area contributed by atoms with Crippen LogP contribution in [0.1, 0.15) is 38.8 Å². The topological polar surface area (TPSA) is 56.7 Å². The minimum atomic E-state index is -0.227. The molecule has 1 aliphatic rings. The first-order valence-electron chi connectivity index (χ1n) is 8.30. The Morgan fingerprint density at radius 1 is 1.25 bits per heavy atom. The highest BCUT2D eigenvalue weighted by atomic mass is 127. The average molecular weight is 444 g/mol. The number of halogens is 1. The molecule has 6 heteroatoms. The molecule has 1 aromatic carbocycles. The minimum Gasteiger partial charge on any atom is -0.356 e. The summed E-state index contributed by atoms with van der Waals surface area (Å²) in [6.07, 6.45) is 1.01. The fraction of sp³-hybridized carbons (Fsp3) is 0.556. The van der Waals surface area contributed by atoms with Crippen molar-refractivity contribution in [2.24, 2.45) is 4.99 Å². The Labute approximate surface area is 162 Å². The third-order valence-electron chi connectivity index (χ3n) is 3.65. The molecule has 134 valence electrons. The molecule has 1 aromatic rings. The molecule has 2 N–H and O–H groups in total. The molecule has 0 spiro atoms. The van der Waals surface area contributed by atoms with Crippen LogP contribution in [-0.2, 0) is 17.8 Å². The van der Waals surface area contributed by atoms with Gasteiger partial charge in [-0.15, -0.1) is 24.0 Å². The number of benzene rings is 1. The van der Waals surface area contributed by atoms with Crippen LogP contribution in [0.4, 0.5) is 0 Å². The highest BCUT2D eigenvalue weighted by Crippen LogP contribution is 2.18. The lowest BCUT2D eigenvalue weighted by molar-refractivity contribution is -0.121. The number of amides is 1. The van der Waals surface area contributed by atoms with Crippen molar-refractivity contribution in [2.45, 2.75) is 46.2 Å². The van der Waals surface area contributed by atoms with Crippen LogP contribution in [0, 0.1) is 0 Å². The molecule has 0 aliphatic carbocycles. The molecule has 0 radical (unpaired) electrons. The van der Waals surface area contributed by atoms with Gasteiger partial charge in [0.25, 0.3) is 0 Å². The molecule has 0 saturated carbocycles. The van der Waals surface area contributed by atoms with Crippen molar-refractivity contribution >= 4 is 35.8 Å². The third-order valence-corrected chi connectivity index (χ3v) is 3.65. The smallest absolute Gasteiger partial charge is 0.242 e. The summed E-state index contributed by atoms with van der Waals surface area (Å²) in [6, 6.07) is 8.51. The van der Waals surface area contributed by atoms with Gasteiger partial charge in [-0.2, -0.15) is 0 Å². The largest absolute Gasteiger partial charge is 0.356 e. The molecule has 0 saturated heterocycles. The zero-order valence-corrected chi connectivity index (χ0v) is 17.4. The normalized spacial score (nSPS) is 14.5. The van der Waals surface area contributed by atoms with Gasteiger partial charge in [-0.3, -0.25) is 4.79 Å². The van der Waals surface area contributed by atoms with E-state index in [1.54, 1.807) is 0 Å². The number of rotatable bonds is 3. The lowest BCUT2D eigenvalue weighted by Crippen LogP contribution is -2.45. The number of nitrogens with zero attached hydrogens (tertiary/aromatic N) is 2. The van der Waals surface area contributed by atoms with Gasteiger partial charge in [-0.1, -0.05) is 24.3 Å². The molecule has 0 aromatic heterocycles. The summed E-state index contributed by atoms with van der Waals surface area (Å²) in [6.45, 7) is 10.7. The van der Waals surface area contributed by atoms with Gasteiger partial charge < -0.3 is 15.5 Å². The van der Waals surface area contributed by atoms with Gasteiger partial charge >= 0.3 is 0 Å². The Bertz CT molecular complexity index is 581. The van der Waals surface area contributed by atoms with E-state index in [-0.39, 0.29) is 42.0 Å². The molecule has 0 atom stereocenters. The van der Waals surface area contributed by atoms with Crippen molar-refractivity contribution in [3.8, 4) is 0 Å². The van der Waals surface area contributed by atoms with Crippen molar-refractivity contribution in [3.63, 3.8) is 0 Å². The first kappa shape index (κ1) is 20.7. The molecule has 0 unspecified atom stereocenters.